The Labute approximate surface area is 199 Å². The number of carbonyl (C=O) groups is 2. The second-order valence-corrected chi connectivity index (χ2v) is 10.3. The number of hydrogen-bond donors (Lipinski definition) is 2. The minimum absolute atomic E-state index is 0.123. The lowest BCUT2D eigenvalue weighted by Gasteiger charge is -2.52. The van der Waals surface area contributed by atoms with Crippen LogP contribution in [0, 0.1) is 11.8 Å². The van der Waals surface area contributed by atoms with Gasteiger partial charge < -0.3 is 24.2 Å². The summed E-state index contributed by atoms with van der Waals surface area (Å²) in [5.41, 5.74) is -1.02. The van der Waals surface area contributed by atoms with Crippen LogP contribution in [0.4, 0.5) is 5.82 Å². The predicted molar refractivity (Wildman–Crippen MR) is 124 cm³/mol. The number of carbonyl (C=O) groups excluding carboxylic acids is 2. The number of hydrogen-bond acceptors (Lipinski definition) is 6. The molecule has 4 heterocycles. The van der Waals surface area contributed by atoms with E-state index in [2.05, 4.69) is 10.5 Å². The summed E-state index contributed by atoms with van der Waals surface area (Å²) in [7, 11) is 0. The van der Waals surface area contributed by atoms with Crippen LogP contribution in [0.25, 0.3) is 0 Å². The Hall–Kier alpha value is -2.71. The second kappa shape index (κ2) is 9.50. The summed E-state index contributed by atoms with van der Waals surface area (Å²) in [4.78, 5) is 26.4. The lowest BCUT2D eigenvalue weighted by molar-refractivity contribution is -0.939. The molecule has 1 aromatic carbocycles. The fourth-order valence-electron chi connectivity index (χ4n) is 6.30. The zero-order chi connectivity index (χ0) is 23.6. The first-order valence-electron chi connectivity index (χ1n) is 12.5. The summed E-state index contributed by atoms with van der Waals surface area (Å²) in [6.07, 6.45) is 7.73. The first kappa shape index (κ1) is 23.1. The molecule has 0 radical (unpaired) electrons. The van der Waals surface area contributed by atoms with Crippen molar-refractivity contribution in [3.05, 3.63) is 48.2 Å². The molecule has 3 aliphatic heterocycles. The quantitative estimate of drug-likeness (QED) is 0.478. The number of fused-ring (bicyclic) bond motifs is 3. The van der Waals surface area contributed by atoms with Gasteiger partial charge in [0.2, 0.25) is 0 Å². The van der Waals surface area contributed by atoms with Crippen LogP contribution in [0.1, 0.15) is 50.5 Å². The van der Waals surface area contributed by atoms with Gasteiger partial charge in [0, 0.05) is 30.7 Å². The van der Waals surface area contributed by atoms with Gasteiger partial charge in [0.05, 0.1) is 13.1 Å². The standard InChI is InChI=1S/C26H33N3O5/c30-24(27-23-13-16-33-28-23)18-29-14-11-19(12-15-29)22(17-29)34-25(31)26(32,20-7-3-1-4-8-20)21-9-5-2-6-10-21/h1,3-4,7-8,13,16,19,21-22,32H,2,5-6,9-12,14-15,17-18H2/p+1/t19?,22?,26-,29?/m0/s1. The second-order valence-electron chi connectivity index (χ2n) is 10.3. The van der Waals surface area contributed by atoms with Crippen LogP contribution in [-0.4, -0.2) is 58.9 Å². The van der Waals surface area contributed by atoms with Crippen LogP contribution in [0.15, 0.2) is 47.2 Å². The topological polar surface area (TPSA) is 102 Å². The predicted octanol–water partition coefficient (Wildman–Crippen LogP) is 3.23. The van der Waals surface area contributed by atoms with Gasteiger partial charge in [0.15, 0.2) is 24.1 Å². The van der Waals surface area contributed by atoms with Gasteiger partial charge in [-0.2, -0.15) is 0 Å². The molecule has 1 aliphatic carbocycles. The van der Waals surface area contributed by atoms with E-state index in [0.29, 0.717) is 29.0 Å². The van der Waals surface area contributed by atoms with E-state index in [0.717, 1.165) is 58.0 Å². The van der Waals surface area contributed by atoms with Crippen LogP contribution < -0.4 is 5.32 Å². The van der Waals surface area contributed by atoms with Crippen molar-refractivity contribution in [3.8, 4) is 0 Å². The first-order chi connectivity index (χ1) is 16.5. The number of amides is 1. The van der Waals surface area contributed by atoms with Crippen LogP contribution in [0.2, 0.25) is 0 Å². The number of nitrogens with zero attached hydrogens (tertiary/aromatic N) is 2. The van der Waals surface area contributed by atoms with Crippen LogP contribution >= 0.6 is 0 Å². The smallest absolute Gasteiger partial charge is 0.343 e. The van der Waals surface area contributed by atoms with Crippen molar-refractivity contribution in [1.82, 2.24) is 5.16 Å². The molecule has 2 aromatic rings. The van der Waals surface area contributed by atoms with Crippen LogP contribution in [0.5, 0.6) is 0 Å². The number of nitrogens with one attached hydrogen (secondary N) is 1. The van der Waals surface area contributed by atoms with Gasteiger partial charge in [0.25, 0.3) is 5.91 Å². The Morgan fingerprint density at radius 2 is 1.82 bits per heavy atom. The van der Waals surface area contributed by atoms with E-state index in [9.17, 15) is 14.7 Å². The molecule has 34 heavy (non-hydrogen) atoms. The van der Waals surface area contributed by atoms with Crippen molar-refractivity contribution in [2.24, 2.45) is 11.8 Å². The molecule has 4 fully saturated rings. The average Bonchev–Trinajstić information content (AvgIpc) is 3.37. The highest BCUT2D eigenvalue weighted by Crippen LogP contribution is 2.42. The van der Waals surface area contributed by atoms with Gasteiger partial charge in [-0.3, -0.25) is 4.79 Å². The first-order valence-corrected chi connectivity index (χ1v) is 12.5. The van der Waals surface area contributed by atoms with E-state index in [4.69, 9.17) is 9.26 Å². The SMILES string of the molecule is O=C(C[N+]12CCC(CC1)C(OC(=O)[C@](O)(c1ccccc1)C1CCCCC1)C2)Nc1ccon1. The minimum Gasteiger partial charge on any atom is -0.454 e. The summed E-state index contributed by atoms with van der Waals surface area (Å²) >= 11 is 0. The number of benzene rings is 1. The summed E-state index contributed by atoms with van der Waals surface area (Å²) < 4.78 is 11.5. The highest BCUT2D eigenvalue weighted by molar-refractivity contribution is 5.90. The Morgan fingerprint density at radius 3 is 2.50 bits per heavy atom. The normalized spacial score (nSPS) is 28.7. The lowest BCUT2D eigenvalue weighted by Crippen LogP contribution is -2.66. The van der Waals surface area contributed by atoms with Gasteiger partial charge in [0.1, 0.15) is 12.8 Å². The highest BCUT2D eigenvalue weighted by atomic mass is 16.6. The molecule has 8 nitrogen and oxygen atoms in total. The van der Waals surface area contributed by atoms with Crippen LogP contribution in [0.3, 0.4) is 0 Å². The number of ether oxygens (including phenoxy) is 1. The third kappa shape index (κ3) is 4.49. The summed E-state index contributed by atoms with van der Waals surface area (Å²) in [5, 5.41) is 18.4. The van der Waals surface area contributed by atoms with Crippen molar-refractivity contribution >= 4 is 17.7 Å². The summed E-state index contributed by atoms with van der Waals surface area (Å²) in [6, 6.07) is 10.9. The van der Waals surface area contributed by atoms with Crippen molar-refractivity contribution in [2.75, 3.05) is 31.5 Å². The molecule has 3 saturated heterocycles. The van der Waals surface area contributed by atoms with Gasteiger partial charge in [-0.25, -0.2) is 4.79 Å². The largest absolute Gasteiger partial charge is 0.454 e. The third-order valence-corrected chi connectivity index (χ3v) is 8.21. The van der Waals surface area contributed by atoms with Crippen molar-refractivity contribution < 1.29 is 28.4 Å². The molecule has 1 unspecified atom stereocenters. The maximum Gasteiger partial charge on any atom is 0.343 e. The number of quaternary nitrogens is 1. The molecule has 4 aliphatic rings. The molecule has 0 spiro atoms. The number of anilines is 1. The maximum atomic E-state index is 13.7. The molecule has 1 saturated carbocycles. The molecule has 8 heteroatoms. The molecule has 2 bridgehead atoms. The average molecular weight is 469 g/mol. The zero-order valence-electron chi connectivity index (χ0n) is 19.5. The van der Waals surface area contributed by atoms with Gasteiger partial charge in [-0.15, -0.1) is 0 Å². The van der Waals surface area contributed by atoms with Gasteiger partial charge in [-0.05, 0) is 18.4 Å². The number of esters is 1. The number of aromatic nitrogens is 1. The van der Waals surface area contributed by atoms with Crippen molar-refractivity contribution in [2.45, 2.75) is 56.7 Å². The van der Waals surface area contributed by atoms with Crippen molar-refractivity contribution in [3.63, 3.8) is 0 Å². The summed E-state index contributed by atoms with van der Waals surface area (Å²) in [5.74, 6) is -0.127. The number of aliphatic hydroxyl groups is 1. The third-order valence-electron chi connectivity index (χ3n) is 8.21. The highest BCUT2D eigenvalue weighted by Gasteiger charge is 2.52. The monoisotopic (exact) mass is 468 g/mol. The fraction of sp³-hybridized carbons (Fsp3) is 0.577. The van der Waals surface area contributed by atoms with E-state index in [-0.39, 0.29) is 23.8 Å². The Balaban J connectivity index is 1.31. The Morgan fingerprint density at radius 1 is 1.09 bits per heavy atom. The molecule has 2 atom stereocenters. The fourth-order valence-corrected chi connectivity index (χ4v) is 6.30. The molecule has 182 valence electrons. The summed E-state index contributed by atoms with van der Waals surface area (Å²) in [6.45, 7) is 2.67. The molecule has 1 amide bonds. The van der Waals surface area contributed by atoms with Crippen LogP contribution in [-0.2, 0) is 19.9 Å². The van der Waals surface area contributed by atoms with Gasteiger partial charge >= 0.3 is 5.97 Å². The number of piperidine rings is 3. The number of rotatable bonds is 7. The van der Waals surface area contributed by atoms with E-state index in [1.807, 2.05) is 30.3 Å². The maximum absolute atomic E-state index is 13.7. The van der Waals surface area contributed by atoms with E-state index < -0.39 is 11.6 Å². The molecule has 6 rings (SSSR count). The van der Waals surface area contributed by atoms with E-state index in [1.54, 1.807) is 6.07 Å². The Kier molecular flexibility index (Phi) is 6.44. The van der Waals surface area contributed by atoms with E-state index >= 15 is 0 Å². The zero-order valence-corrected chi connectivity index (χ0v) is 19.5. The molecular formula is C26H34N3O5+. The van der Waals surface area contributed by atoms with E-state index in [1.165, 1.54) is 6.26 Å². The van der Waals surface area contributed by atoms with Gasteiger partial charge in [-0.1, -0.05) is 54.8 Å². The molecule has 1 aromatic heterocycles. The molecule has 2 N–H and O–H groups in total. The molecular weight excluding hydrogens is 434 g/mol. The Bertz CT molecular complexity index is 981. The lowest BCUT2D eigenvalue weighted by atomic mass is 9.73. The minimum atomic E-state index is -1.64. The van der Waals surface area contributed by atoms with Crippen molar-refractivity contribution in [1.29, 1.82) is 0 Å².